The Balaban J connectivity index is 1.37. The van der Waals surface area contributed by atoms with Crippen LogP contribution in [0, 0.1) is 46.2 Å². The number of likely N-dealkylation sites (tertiary alicyclic amines) is 2. The fourth-order valence-corrected chi connectivity index (χ4v) is 8.57. The summed E-state index contributed by atoms with van der Waals surface area (Å²) in [6, 6.07) is 2.69. The van der Waals surface area contributed by atoms with Crippen LogP contribution in [-0.4, -0.2) is 75.4 Å². The Bertz CT molecular complexity index is 1490. The van der Waals surface area contributed by atoms with Crippen LogP contribution in [0.15, 0.2) is 18.2 Å². The van der Waals surface area contributed by atoms with Gasteiger partial charge in [0, 0.05) is 19.5 Å². The van der Waals surface area contributed by atoms with Crippen molar-refractivity contribution in [2.45, 2.75) is 74.3 Å². The summed E-state index contributed by atoms with van der Waals surface area (Å²) in [5, 5.41) is 15.0. The molecule has 6 rings (SSSR count). The summed E-state index contributed by atoms with van der Waals surface area (Å²) in [7, 11) is 0. The Morgan fingerprint density at radius 1 is 1.18 bits per heavy atom. The predicted molar refractivity (Wildman–Crippen MR) is 153 cm³/mol. The van der Waals surface area contributed by atoms with Crippen molar-refractivity contribution in [2.75, 3.05) is 18.4 Å². The van der Waals surface area contributed by atoms with Gasteiger partial charge >= 0.3 is 4.59 Å². The maximum absolute atomic E-state index is 15.2. The third kappa shape index (κ3) is 4.56. The van der Waals surface area contributed by atoms with Crippen LogP contribution < -0.4 is 10.6 Å². The fraction of sp³-hybridized carbons (Fsp3) is 0.633. The summed E-state index contributed by atoms with van der Waals surface area (Å²) >= 11 is 10.7. The molecule has 1 aromatic rings. The van der Waals surface area contributed by atoms with Crippen LogP contribution in [-0.2, 0) is 24.6 Å². The first kappa shape index (κ1) is 31.0. The standard InChI is InChI=1S/C30H32Cl2F3N5O4/c1-28(2,3)23(38-27(44)30(31,32)35)25(42)39-11-16-13-7-15(19(34)8-13)20(16)22(39)24(41)40-12-29(9-14(40)10-36)17-5-4-6-18(33)21(17)37-26(29)43/h4-6,13-16,19-20,22-23H,7-9,11-12H2,1-3H3,(H,37,43)(H,38,44). The average Bonchev–Trinajstić information content (AvgIpc) is 3.73. The number of rotatable bonds is 4. The lowest BCUT2D eigenvalue weighted by Crippen LogP contribution is -2.60. The number of nitriles is 1. The van der Waals surface area contributed by atoms with Crippen LogP contribution in [0.5, 0.6) is 0 Å². The zero-order valence-corrected chi connectivity index (χ0v) is 25.8. The summed E-state index contributed by atoms with van der Waals surface area (Å²) in [6.45, 7) is 4.77. The first-order valence-electron chi connectivity index (χ1n) is 14.6. The smallest absolute Gasteiger partial charge is 0.335 e. The van der Waals surface area contributed by atoms with Crippen molar-refractivity contribution in [1.82, 2.24) is 15.1 Å². The molecule has 2 N–H and O–H groups in total. The number of amides is 4. The van der Waals surface area contributed by atoms with E-state index in [1.807, 2.05) is 0 Å². The average molecular weight is 655 g/mol. The Labute approximate surface area is 262 Å². The molecule has 236 valence electrons. The summed E-state index contributed by atoms with van der Waals surface area (Å²) in [6.07, 6.45) is -0.385. The van der Waals surface area contributed by atoms with Gasteiger partial charge < -0.3 is 20.4 Å². The molecule has 3 aliphatic heterocycles. The summed E-state index contributed by atoms with van der Waals surface area (Å²) in [5.41, 5.74) is -2.03. The number of benzene rings is 1. The topological polar surface area (TPSA) is 123 Å². The maximum Gasteiger partial charge on any atom is 0.335 e. The lowest BCUT2D eigenvalue weighted by atomic mass is 9.77. The summed E-state index contributed by atoms with van der Waals surface area (Å²) in [4.78, 5) is 57.2. The van der Waals surface area contributed by atoms with E-state index in [4.69, 9.17) is 23.2 Å². The molecule has 2 saturated heterocycles. The molecule has 2 aliphatic carbocycles. The number of hydrogen-bond acceptors (Lipinski definition) is 5. The van der Waals surface area contributed by atoms with Crippen LogP contribution in [0.1, 0.15) is 45.6 Å². The largest absolute Gasteiger partial charge is 0.339 e. The Morgan fingerprint density at radius 3 is 2.52 bits per heavy atom. The third-order valence-corrected chi connectivity index (χ3v) is 10.8. The lowest BCUT2D eigenvalue weighted by Gasteiger charge is -2.39. The van der Waals surface area contributed by atoms with Gasteiger partial charge in [0.15, 0.2) is 0 Å². The van der Waals surface area contributed by atoms with Gasteiger partial charge in [0.05, 0.1) is 17.2 Å². The highest BCUT2D eigenvalue weighted by Gasteiger charge is 2.65. The van der Waals surface area contributed by atoms with E-state index < -0.39 is 81.0 Å². The van der Waals surface area contributed by atoms with E-state index in [1.165, 1.54) is 21.9 Å². The van der Waals surface area contributed by atoms with Crippen molar-refractivity contribution in [3.05, 3.63) is 29.6 Å². The van der Waals surface area contributed by atoms with E-state index in [9.17, 15) is 33.2 Å². The Kier molecular flexibility index (Phi) is 7.21. The molecule has 9 atom stereocenters. The summed E-state index contributed by atoms with van der Waals surface area (Å²) in [5.74, 6) is -5.26. The van der Waals surface area contributed by atoms with Crippen LogP contribution >= 0.6 is 23.2 Å². The Morgan fingerprint density at radius 2 is 1.89 bits per heavy atom. The van der Waals surface area contributed by atoms with Crippen LogP contribution in [0.4, 0.5) is 18.9 Å². The van der Waals surface area contributed by atoms with Gasteiger partial charge in [0.2, 0.25) is 17.7 Å². The number of carbonyl (C=O) groups is 4. The fourth-order valence-electron chi connectivity index (χ4n) is 8.46. The van der Waals surface area contributed by atoms with Gasteiger partial charge in [0.25, 0.3) is 5.91 Å². The zero-order chi connectivity index (χ0) is 32.1. The highest BCUT2D eigenvalue weighted by molar-refractivity contribution is 6.56. The van der Waals surface area contributed by atoms with Gasteiger partial charge in [-0.2, -0.15) is 9.65 Å². The number of nitrogens with one attached hydrogen (secondary N) is 2. The van der Waals surface area contributed by atoms with Crippen molar-refractivity contribution in [1.29, 1.82) is 5.26 Å². The molecular formula is C30H32Cl2F3N5O4. The van der Waals surface area contributed by atoms with Crippen molar-refractivity contribution >= 4 is 52.5 Å². The molecule has 5 aliphatic rings. The van der Waals surface area contributed by atoms with E-state index >= 15 is 4.39 Å². The minimum absolute atomic E-state index is 0.000814. The van der Waals surface area contributed by atoms with E-state index in [-0.39, 0.29) is 37.0 Å². The van der Waals surface area contributed by atoms with Gasteiger partial charge in [-0.05, 0) is 53.6 Å². The molecule has 9 unspecified atom stereocenters. The molecule has 2 saturated carbocycles. The third-order valence-electron chi connectivity index (χ3n) is 10.4. The van der Waals surface area contributed by atoms with Gasteiger partial charge in [-0.1, -0.05) is 56.1 Å². The predicted octanol–water partition coefficient (Wildman–Crippen LogP) is 3.59. The molecular weight excluding hydrogens is 622 g/mol. The molecule has 3 heterocycles. The van der Waals surface area contributed by atoms with Gasteiger partial charge in [0.1, 0.15) is 30.1 Å². The molecule has 0 aromatic heterocycles. The monoisotopic (exact) mass is 653 g/mol. The van der Waals surface area contributed by atoms with Crippen LogP contribution in [0.2, 0.25) is 0 Å². The normalized spacial score (nSPS) is 34.5. The van der Waals surface area contributed by atoms with Crippen molar-refractivity contribution in [3.8, 4) is 6.07 Å². The second kappa shape index (κ2) is 10.2. The number of anilines is 1. The quantitative estimate of drug-likeness (QED) is 0.481. The molecule has 44 heavy (non-hydrogen) atoms. The molecule has 2 bridgehead atoms. The Hall–Kier alpha value is -3.04. The number of nitrogens with zero attached hydrogens (tertiary/aromatic N) is 3. The highest BCUT2D eigenvalue weighted by atomic mass is 35.5. The number of para-hydroxylation sites is 1. The van der Waals surface area contributed by atoms with Crippen molar-refractivity contribution in [2.24, 2.45) is 29.1 Å². The van der Waals surface area contributed by atoms with Gasteiger partial charge in [-0.15, -0.1) is 0 Å². The first-order valence-corrected chi connectivity index (χ1v) is 15.4. The SMILES string of the molecule is CC(C)(C)C(NC(=O)C(F)(Cl)Cl)C(=O)N1CC2C3CC(F)C(C3)C2C1C(=O)N1CC2(CC1C#N)C(=O)Nc1c(F)cccc12. The minimum atomic E-state index is -3.32. The lowest BCUT2D eigenvalue weighted by molar-refractivity contribution is -0.149. The molecule has 1 aromatic carbocycles. The van der Waals surface area contributed by atoms with Gasteiger partial charge in [-0.3, -0.25) is 19.2 Å². The minimum Gasteiger partial charge on any atom is -0.339 e. The summed E-state index contributed by atoms with van der Waals surface area (Å²) < 4.78 is 40.6. The molecule has 4 amide bonds. The number of alkyl halides is 4. The molecule has 4 fully saturated rings. The van der Waals surface area contributed by atoms with E-state index in [0.717, 1.165) is 0 Å². The molecule has 0 radical (unpaired) electrons. The van der Waals surface area contributed by atoms with E-state index in [2.05, 4.69) is 16.7 Å². The number of carbonyl (C=O) groups excluding carboxylic acids is 4. The van der Waals surface area contributed by atoms with Gasteiger partial charge in [-0.25, -0.2) is 8.78 Å². The number of hydrogen-bond donors (Lipinski definition) is 2. The number of halogens is 5. The van der Waals surface area contributed by atoms with Crippen LogP contribution in [0.25, 0.3) is 0 Å². The van der Waals surface area contributed by atoms with E-state index in [1.54, 1.807) is 26.8 Å². The molecule has 9 nitrogen and oxygen atoms in total. The number of fused-ring (bicyclic) bond motifs is 7. The molecule has 14 heteroatoms. The molecule has 1 spiro atoms. The second-order valence-corrected chi connectivity index (χ2v) is 15.1. The zero-order valence-electron chi connectivity index (χ0n) is 24.3. The van der Waals surface area contributed by atoms with Crippen molar-refractivity contribution < 1.29 is 32.3 Å². The van der Waals surface area contributed by atoms with E-state index in [0.29, 0.717) is 18.4 Å². The maximum atomic E-state index is 15.2. The highest BCUT2D eigenvalue weighted by Crippen LogP contribution is 2.59. The van der Waals surface area contributed by atoms with Crippen LogP contribution in [0.3, 0.4) is 0 Å². The van der Waals surface area contributed by atoms with Crippen molar-refractivity contribution in [3.63, 3.8) is 0 Å². The second-order valence-electron chi connectivity index (χ2n) is 13.9. The first-order chi connectivity index (χ1) is 20.5.